The number of halogens is 1. The number of aryl methyl sites for hydroxylation is 1. The minimum atomic E-state index is -0.133. The van der Waals surface area contributed by atoms with Gasteiger partial charge < -0.3 is 9.47 Å². The monoisotopic (exact) mass is 345 g/mol. The van der Waals surface area contributed by atoms with E-state index in [1.54, 1.807) is 7.05 Å². The first kappa shape index (κ1) is 15.3. The minimum absolute atomic E-state index is 0.0827. The summed E-state index contributed by atoms with van der Waals surface area (Å²) in [5, 5.41) is 8.72. The summed E-state index contributed by atoms with van der Waals surface area (Å²) in [6.07, 6.45) is 0. The van der Waals surface area contributed by atoms with Crippen molar-refractivity contribution in [3.05, 3.63) is 51.8 Å². The fourth-order valence-electron chi connectivity index (χ4n) is 2.38. The van der Waals surface area contributed by atoms with Crippen LogP contribution in [0, 0.1) is 25.2 Å². The van der Waals surface area contributed by atoms with Gasteiger partial charge >= 0.3 is 0 Å². The summed E-state index contributed by atoms with van der Waals surface area (Å²) < 4.78 is 3.03. The Hall–Kier alpha value is -2.06. The third-order valence-electron chi connectivity index (χ3n) is 3.38. The molecule has 0 radical (unpaired) electrons. The van der Waals surface area contributed by atoms with Gasteiger partial charge in [0.25, 0.3) is 5.91 Å². The van der Waals surface area contributed by atoms with E-state index in [4.69, 9.17) is 5.26 Å². The topological polar surface area (TPSA) is 49.0 Å². The third kappa shape index (κ3) is 3.01. The molecule has 0 saturated carbocycles. The van der Waals surface area contributed by atoms with E-state index >= 15 is 0 Å². The summed E-state index contributed by atoms with van der Waals surface area (Å²) in [4.78, 5) is 13.8. The molecule has 0 saturated heterocycles. The molecule has 0 bridgehead atoms. The molecule has 1 heterocycles. The molecule has 2 aromatic rings. The van der Waals surface area contributed by atoms with E-state index in [2.05, 4.69) is 15.9 Å². The molecule has 0 aliphatic rings. The van der Waals surface area contributed by atoms with Crippen LogP contribution in [0.4, 0.5) is 0 Å². The molecule has 5 heteroatoms. The molecule has 0 N–H and O–H groups in total. The Balaban J connectivity index is 2.48. The Bertz CT molecular complexity index is 728. The second-order valence-electron chi connectivity index (χ2n) is 4.92. The van der Waals surface area contributed by atoms with Gasteiger partial charge in [0, 0.05) is 28.6 Å². The summed E-state index contributed by atoms with van der Waals surface area (Å²) in [5.74, 6) is -0.133. The van der Waals surface area contributed by atoms with Gasteiger partial charge in [0.2, 0.25) is 0 Å². The lowest BCUT2D eigenvalue weighted by atomic mass is 10.2. The summed E-state index contributed by atoms with van der Waals surface area (Å²) in [5.41, 5.74) is 3.49. The molecule has 21 heavy (non-hydrogen) atoms. The zero-order chi connectivity index (χ0) is 15.6. The maximum atomic E-state index is 12.4. The second-order valence-corrected chi connectivity index (χ2v) is 5.84. The van der Waals surface area contributed by atoms with Crippen molar-refractivity contribution < 1.29 is 4.79 Å². The maximum absolute atomic E-state index is 12.4. The minimum Gasteiger partial charge on any atom is -0.328 e. The largest absolute Gasteiger partial charge is 0.328 e. The van der Waals surface area contributed by atoms with Crippen LogP contribution in [0.3, 0.4) is 0 Å². The Labute approximate surface area is 132 Å². The number of amides is 1. The van der Waals surface area contributed by atoms with E-state index in [0.29, 0.717) is 5.56 Å². The maximum Gasteiger partial charge on any atom is 0.256 e. The van der Waals surface area contributed by atoms with Gasteiger partial charge in [-0.15, -0.1) is 0 Å². The lowest BCUT2D eigenvalue weighted by Gasteiger charge is -2.14. The molecule has 108 valence electrons. The van der Waals surface area contributed by atoms with Gasteiger partial charge in [0.15, 0.2) is 0 Å². The van der Waals surface area contributed by atoms with Crippen LogP contribution in [0.25, 0.3) is 5.69 Å². The van der Waals surface area contributed by atoms with Crippen molar-refractivity contribution in [2.75, 3.05) is 13.6 Å². The predicted octanol–water partition coefficient (Wildman–Crippen LogP) is 3.45. The van der Waals surface area contributed by atoms with Crippen LogP contribution in [0.5, 0.6) is 0 Å². The average molecular weight is 346 g/mol. The molecule has 2 rings (SSSR count). The highest BCUT2D eigenvalue weighted by Gasteiger charge is 2.19. The van der Waals surface area contributed by atoms with Gasteiger partial charge in [-0.3, -0.25) is 4.79 Å². The van der Waals surface area contributed by atoms with E-state index in [9.17, 15) is 4.79 Å². The van der Waals surface area contributed by atoms with Crippen molar-refractivity contribution in [2.45, 2.75) is 13.8 Å². The van der Waals surface area contributed by atoms with Crippen LogP contribution in [0.1, 0.15) is 21.7 Å². The lowest BCUT2D eigenvalue weighted by Crippen LogP contribution is -2.27. The van der Waals surface area contributed by atoms with Crippen molar-refractivity contribution in [3.8, 4) is 11.8 Å². The van der Waals surface area contributed by atoms with E-state index in [1.165, 1.54) is 4.90 Å². The predicted molar refractivity (Wildman–Crippen MR) is 85.5 cm³/mol. The smallest absolute Gasteiger partial charge is 0.256 e. The van der Waals surface area contributed by atoms with Gasteiger partial charge in [-0.25, -0.2) is 0 Å². The molecule has 0 spiro atoms. The molecule has 0 aliphatic heterocycles. The highest BCUT2D eigenvalue weighted by atomic mass is 79.9. The highest BCUT2D eigenvalue weighted by Crippen LogP contribution is 2.23. The van der Waals surface area contributed by atoms with E-state index < -0.39 is 0 Å². The van der Waals surface area contributed by atoms with Crippen molar-refractivity contribution in [1.29, 1.82) is 5.26 Å². The van der Waals surface area contributed by atoms with E-state index in [1.807, 2.05) is 54.8 Å². The van der Waals surface area contributed by atoms with E-state index in [-0.39, 0.29) is 12.5 Å². The number of nitriles is 1. The van der Waals surface area contributed by atoms with Crippen LogP contribution in [-0.4, -0.2) is 29.0 Å². The number of carbonyl (C=O) groups is 1. The van der Waals surface area contributed by atoms with Crippen molar-refractivity contribution >= 4 is 21.8 Å². The van der Waals surface area contributed by atoms with Crippen molar-refractivity contribution in [2.24, 2.45) is 0 Å². The first-order valence-electron chi connectivity index (χ1n) is 6.53. The van der Waals surface area contributed by atoms with Gasteiger partial charge in [-0.1, -0.05) is 22.0 Å². The van der Waals surface area contributed by atoms with Crippen LogP contribution >= 0.6 is 15.9 Å². The summed E-state index contributed by atoms with van der Waals surface area (Å²) >= 11 is 3.46. The van der Waals surface area contributed by atoms with Gasteiger partial charge in [0.1, 0.15) is 6.54 Å². The summed E-state index contributed by atoms with van der Waals surface area (Å²) in [6.45, 7) is 3.97. The van der Waals surface area contributed by atoms with Crippen LogP contribution < -0.4 is 0 Å². The zero-order valence-corrected chi connectivity index (χ0v) is 13.8. The number of hydrogen-bond donors (Lipinski definition) is 0. The Morgan fingerprint density at radius 2 is 2.10 bits per heavy atom. The van der Waals surface area contributed by atoms with Gasteiger partial charge in [-0.2, -0.15) is 5.26 Å². The molecule has 1 amide bonds. The molecule has 1 aromatic heterocycles. The van der Waals surface area contributed by atoms with Crippen LogP contribution in [0.2, 0.25) is 0 Å². The first-order valence-corrected chi connectivity index (χ1v) is 7.32. The number of carbonyl (C=O) groups excluding carboxylic acids is 1. The SMILES string of the molecule is Cc1cc(C(=O)N(C)CC#N)c(C)n1-c1cccc(Br)c1. The zero-order valence-electron chi connectivity index (χ0n) is 12.2. The fraction of sp³-hybridized carbons (Fsp3) is 0.250. The standard InChI is InChI=1S/C16H16BrN3O/c1-11-9-15(16(21)19(3)8-7-18)12(2)20(11)14-6-4-5-13(17)10-14/h4-6,9-10H,8H2,1-3H3. The molecular formula is C16H16BrN3O. The Kier molecular flexibility index (Phi) is 4.49. The average Bonchev–Trinajstić information content (AvgIpc) is 2.73. The molecular weight excluding hydrogens is 330 g/mol. The summed E-state index contributed by atoms with van der Waals surface area (Å²) in [6, 6.07) is 11.8. The number of rotatable bonds is 3. The Morgan fingerprint density at radius 3 is 2.71 bits per heavy atom. The van der Waals surface area contributed by atoms with Crippen LogP contribution in [0.15, 0.2) is 34.8 Å². The Morgan fingerprint density at radius 1 is 1.38 bits per heavy atom. The molecule has 0 fully saturated rings. The van der Waals surface area contributed by atoms with Crippen LogP contribution in [-0.2, 0) is 0 Å². The van der Waals surface area contributed by atoms with E-state index in [0.717, 1.165) is 21.5 Å². The fourth-order valence-corrected chi connectivity index (χ4v) is 2.76. The van der Waals surface area contributed by atoms with Crippen molar-refractivity contribution in [1.82, 2.24) is 9.47 Å². The lowest BCUT2D eigenvalue weighted by molar-refractivity contribution is 0.0811. The van der Waals surface area contributed by atoms with Crippen molar-refractivity contribution in [3.63, 3.8) is 0 Å². The molecule has 4 nitrogen and oxygen atoms in total. The number of hydrogen-bond acceptors (Lipinski definition) is 2. The molecule has 0 aliphatic carbocycles. The quantitative estimate of drug-likeness (QED) is 0.800. The number of nitrogens with zero attached hydrogens (tertiary/aromatic N) is 3. The second kappa shape index (κ2) is 6.15. The normalized spacial score (nSPS) is 10.2. The number of aromatic nitrogens is 1. The third-order valence-corrected chi connectivity index (χ3v) is 3.88. The van der Waals surface area contributed by atoms with Gasteiger partial charge in [-0.05, 0) is 38.1 Å². The number of benzene rings is 1. The molecule has 0 unspecified atom stereocenters. The first-order chi connectivity index (χ1) is 9.95. The van der Waals surface area contributed by atoms with Gasteiger partial charge in [0.05, 0.1) is 11.6 Å². The highest BCUT2D eigenvalue weighted by molar-refractivity contribution is 9.10. The summed E-state index contributed by atoms with van der Waals surface area (Å²) in [7, 11) is 1.64. The molecule has 1 aromatic carbocycles. The molecule has 0 atom stereocenters.